The van der Waals surface area contributed by atoms with E-state index in [2.05, 4.69) is 17.4 Å². The van der Waals surface area contributed by atoms with Crippen molar-refractivity contribution in [3.8, 4) is 5.75 Å². The summed E-state index contributed by atoms with van der Waals surface area (Å²) in [5.74, 6) is 0.843. The van der Waals surface area contributed by atoms with Crippen LogP contribution in [0, 0.1) is 0 Å². The molecule has 0 spiro atoms. The van der Waals surface area contributed by atoms with Crippen molar-refractivity contribution < 1.29 is 9.53 Å². The van der Waals surface area contributed by atoms with Crippen molar-refractivity contribution in [1.29, 1.82) is 0 Å². The Morgan fingerprint density at radius 1 is 1.00 bits per heavy atom. The lowest BCUT2D eigenvalue weighted by Gasteiger charge is -2.12. The van der Waals surface area contributed by atoms with Crippen LogP contribution in [-0.4, -0.2) is 24.3 Å². The van der Waals surface area contributed by atoms with Crippen molar-refractivity contribution in [3.05, 3.63) is 72.8 Å². The van der Waals surface area contributed by atoms with Gasteiger partial charge in [-0.1, -0.05) is 48.5 Å². The second-order valence-corrected chi connectivity index (χ2v) is 7.14. The molecule has 0 aromatic heterocycles. The zero-order valence-electron chi connectivity index (χ0n) is 14.1. The molecule has 3 aromatic rings. The van der Waals surface area contributed by atoms with Crippen molar-refractivity contribution in [2.24, 2.45) is 0 Å². The van der Waals surface area contributed by atoms with E-state index < -0.39 is 0 Å². The van der Waals surface area contributed by atoms with E-state index in [4.69, 9.17) is 4.74 Å². The summed E-state index contributed by atoms with van der Waals surface area (Å²) in [6.07, 6.45) is 0. The number of amides is 1. The molecule has 0 saturated heterocycles. The number of hydrogen-bond acceptors (Lipinski definition) is 3. The van der Waals surface area contributed by atoms with Gasteiger partial charge < -0.3 is 10.1 Å². The smallest absolute Gasteiger partial charge is 0.233 e. The molecule has 3 nitrogen and oxygen atoms in total. The summed E-state index contributed by atoms with van der Waals surface area (Å²) < 4.78 is 5.74. The average Bonchev–Trinajstić information content (AvgIpc) is 2.65. The lowest BCUT2D eigenvalue weighted by Crippen LogP contribution is -2.33. The van der Waals surface area contributed by atoms with E-state index in [-0.39, 0.29) is 11.2 Å². The molecule has 1 N–H and O–H groups in total. The van der Waals surface area contributed by atoms with Gasteiger partial charge in [0.05, 0.1) is 11.8 Å². The monoisotopic (exact) mass is 351 g/mol. The quantitative estimate of drug-likeness (QED) is 0.502. The highest BCUT2D eigenvalue weighted by molar-refractivity contribution is 8.00. The summed E-state index contributed by atoms with van der Waals surface area (Å²) in [6.45, 7) is 2.86. The molecule has 25 heavy (non-hydrogen) atoms. The van der Waals surface area contributed by atoms with Gasteiger partial charge in [-0.2, -0.15) is 0 Å². The van der Waals surface area contributed by atoms with Gasteiger partial charge in [0.15, 0.2) is 0 Å². The van der Waals surface area contributed by atoms with Crippen molar-refractivity contribution in [1.82, 2.24) is 5.32 Å². The largest absolute Gasteiger partial charge is 0.492 e. The van der Waals surface area contributed by atoms with E-state index in [0.717, 1.165) is 16.0 Å². The van der Waals surface area contributed by atoms with Crippen LogP contribution in [-0.2, 0) is 4.79 Å². The van der Waals surface area contributed by atoms with Gasteiger partial charge >= 0.3 is 0 Å². The fourth-order valence-electron chi connectivity index (χ4n) is 2.50. The molecule has 0 radical (unpaired) electrons. The minimum absolute atomic E-state index is 0.0240. The van der Waals surface area contributed by atoms with Crippen molar-refractivity contribution in [3.63, 3.8) is 0 Å². The van der Waals surface area contributed by atoms with Crippen LogP contribution in [0.1, 0.15) is 6.92 Å². The summed E-state index contributed by atoms with van der Waals surface area (Å²) in [5.41, 5.74) is 0. The molecule has 0 aliphatic carbocycles. The third-order valence-electron chi connectivity index (χ3n) is 3.82. The number of thioether (sulfide) groups is 1. The molecule has 3 aromatic carbocycles. The molecular weight excluding hydrogens is 330 g/mol. The van der Waals surface area contributed by atoms with Crippen LogP contribution < -0.4 is 10.1 Å². The Hall–Kier alpha value is -2.46. The second kappa shape index (κ2) is 8.58. The molecule has 1 atom stereocenters. The van der Waals surface area contributed by atoms with E-state index in [0.29, 0.717) is 13.2 Å². The Labute approximate surface area is 152 Å². The standard InChI is InChI=1S/C21H21NO2S/c1-16(25-20-9-3-2-4-10-20)21(23)22-13-14-24-19-12-11-17-7-5-6-8-18(17)15-19/h2-12,15-16H,13-14H2,1H3,(H,22,23)/t16-/m0/s1. The molecule has 128 valence electrons. The number of carbonyl (C=O) groups is 1. The molecule has 0 heterocycles. The van der Waals surface area contributed by atoms with E-state index in [9.17, 15) is 4.79 Å². The molecule has 0 saturated carbocycles. The van der Waals surface area contributed by atoms with Crippen LogP contribution in [0.15, 0.2) is 77.7 Å². The zero-order chi connectivity index (χ0) is 17.5. The molecule has 3 rings (SSSR count). The normalized spacial score (nSPS) is 11.9. The molecule has 1 amide bonds. The summed E-state index contributed by atoms with van der Waals surface area (Å²) >= 11 is 1.55. The van der Waals surface area contributed by atoms with Crippen LogP contribution >= 0.6 is 11.8 Å². The molecule has 0 bridgehead atoms. The molecular formula is C21H21NO2S. The van der Waals surface area contributed by atoms with Crippen molar-refractivity contribution in [2.45, 2.75) is 17.1 Å². The first-order chi connectivity index (χ1) is 12.2. The van der Waals surface area contributed by atoms with Crippen molar-refractivity contribution in [2.75, 3.05) is 13.2 Å². The SMILES string of the molecule is C[C@H](Sc1ccccc1)C(=O)NCCOc1ccc2ccccc2c1. The van der Waals surface area contributed by atoms with Gasteiger partial charge in [-0.05, 0) is 42.0 Å². The van der Waals surface area contributed by atoms with E-state index in [1.807, 2.05) is 67.6 Å². The van der Waals surface area contributed by atoms with Crippen molar-refractivity contribution >= 4 is 28.4 Å². The Balaban J connectivity index is 1.43. The Morgan fingerprint density at radius 2 is 1.72 bits per heavy atom. The van der Waals surface area contributed by atoms with E-state index in [1.54, 1.807) is 11.8 Å². The number of ether oxygens (including phenoxy) is 1. The summed E-state index contributed by atoms with van der Waals surface area (Å²) in [5, 5.41) is 5.13. The lowest BCUT2D eigenvalue weighted by molar-refractivity contribution is -0.120. The number of fused-ring (bicyclic) bond motifs is 1. The fraction of sp³-hybridized carbons (Fsp3) is 0.190. The number of carbonyl (C=O) groups excluding carboxylic acids is 1. The van der Waals surface area contributed by atoms with Crippen LogP contribution in [0.2, 0.25) is 0 Å². The minimum Gasteiger partial charge on any atom is -0.492 e. The van der Waals surface area contributed by atoms with E-state index in [1.165, 1.54) is 5.39 Å². The Morgan fingerprint density at radius 3 is 2.52 bits per heavy atom. The zero-order valence-corrected chi connectivity index (χ0v) is 15.0. The van der Waals surface area contributed by atoms with Gasteiger partial charge in [0.1, 0.15) is 12.4 Å². The molecule has 0 aliphatic rings. The molecule has 0 fully saturated rings. The first kappa shape index (κ1) is 17.4. The van der Waals surface area contributed by atoms with Gasteiger partial charge in [-0.15, -0.1) is 11.8 Å². The van der Waals surface area contributed by atoms with Gasteiger partial charge in [0.2, 0.25) is 5.91 Å². The topological polar surface area (TPSA) is 38.3 Å². The third-order valence-corrected chi connectivity index (χ3v) is 4.93. The number of hydrogen-bond donors (Lipinski definition) is 1. The molecule has 4 heteroatoms. The van der Waals surface area contributed by atoms with Crippen LogP contribution in [0.25, 0.3) is 10.8 Å². The number of benzene rings is 3. The predicted octanol–water partition coefficient (Wildman–Crippen LogP) is 4.52. The van der Waals surface area contributed by atoms with Gasteiger partial charge in [-0.3, -0.25) is 4.79 Å². The maximum absolute atomic E-state index is 12.1. The molecule has 0 unspecified atom stereocenters. The first-order valence-corrected chi connectivity index (χ1v) is 9.21. The number of nitrogens with one attached hydrogen (secondary N) is 1. The van der Waals surface area contributed by atoms with Gasteiger partial charge in [0.25, 0.3) is 0 Å². The maximum atomic E-state index is 12.1. The maximum Gasteiger partial charge on any atom is 0.233 e. The average molecular weight is 351 g/mol. The predicted molar refractivity (Wildman–Crippen MR) is 104 cm³/mol. The summed E-state index contributed by atoms with van der Waals surface area (Å²) in [6, 6.07) is 24.1. The molecule has 0 aliphatic heterocycles. The third kappa shape index (κ3) is 5.00. The summed E-state index contributed by atoms with van der Waals surface area (Å²) in [4.78, 5) is 13.2. The van der Waals surface area contributed by atoms with E-state index >= 15 is 0 Å². The highest BCUT2D eigenvalue weighted by Crippen LogP contribution is 2.22. The van der Waals surface area contributed by atoms with Gasteiger partial charge in [-0.25, -0.2) is 0 Å². The number of rotatable bonds is 7. The van der Waals surface area contributed by atoms with Crippen LogP contribution in [0.3, 0.4) is 0 Å². The van der Waals surface area contributed by atoms with Crippen LogP contribution in [0.5, 0.6) is 5.75 Å². The van der Waals surface area contributed by atoms with Crippen LogP contribution in [0.4, 0.5) is 0 Å². The summed E-state index contributed by atoms with van der Waals surface area (Å²) in [7, 11) is 0. The Kier molecular flexibility index (Phi) is 5.96. The second-order valence-electron chi connectivity index (χ2n) is 5.72. The minimum atomic E-state index is -0.136. The van der Waals surface area contributed by atoms with Gasteiger partial charge in [0, 0.05) is 4.90 Å². The Bertz CT molecular complexity index is 835. The first-order valence-electron chi connectivity index (χ1n) is 8.33. The lowest BCUT2D eigenvalue weighted by atomic mass is 10.1. The highest BCUT2D eigenvalue weighted by Gasteiger charge is 2.13. The highest BCUT2D eigenvalue weighted by atomic mass is 32.2. The fourth-order valence-corrected chi connectivity index (χ4v) is 3.41.